The summed E-state index contributed by atoms with van der Waals surface area (Å²) in [7, 11) is 0. The lowest BCUT2D eigenvalue weighted by Crippen LogP contribution is -2.38. The van der Waals surface area contributed by atoms with Gasteiger partial charge < -0.3 is 0 Å². The van der Waals surface area contributed by atoms with Gasteiger partial charge in [0.15, 0.2) is 12.4 Å². The molecule has 3 rings (SSSR count). The Morgan fingerprint density at radius 1 is 1.05 bits per heavy atom. The zero-order valence-corrected chi connectivity index (χ0v) is 11.3. The smallest absolute Gasteiger partial charge is 0.227 e. The van der Waals surface area contributed by atoms with E-state index in [1.165, 1.54) is 48.2 Å². The van der Waals surface area contributed by atoms with E-state index in [-0.39, 0.29) is 11.6 Å². The van der Waals surface area contributed by atoms with Crippen LogP contribution in [0.25, 0.3) is 0 Å². The van der Waals surface area contributed by atoms with Crippen LogP contribution < -0.4 is 4.57 Å². The predicted octanol–water partition coefficient (Wildman–Crippen LogP) is 2.87. The van der Waals surface area contributed by atoms with Crippen LogP contribution in [0.4, 0.5) is 4.39 Å². The molecule has 102 valence electrons. The maximum atomic E-state index is 12.8. The number of benzene rings is 1. The van der Waals surface area contributed by atoms with Crippen molar-refractivity contribution < 1.29 is 13.8 Å². The van der Waals surface area contributed by atoms with Crippen LogP contribution in [0.2, 0.25) is 0 Å². The molecule has 0 amide bonds. The maximum absolute atomic E-state index is 12.8. The highest BCUT2D eigenvalue weighted by Gasteiger charge is 2.16. The van der Waals surface area contributed by atoms with Crippen molar-refractivity contribution in [3.63, 3.8) is 0 Å². The summed E-state index contributed by atoms with van der Waals surface area (Å²) in [5.74, 6) is -0.311. The van der Waals surface area contributed by atoms with Gasteiger partial charge in [0.25, 0.3) is 0 Å². The number of ketones is 1. The molecule has 2 aromatic rings. The molecule has 1 heterocycles. The first-order chi connectivity index (χ1) is 9.72. The number of rotatable bonds is 3. The van der Waals surface area contributed by atoms with Crippen LogP contribution in [0, 0.1) is 5.82 Å². The van der Waals surface area contributed by atoms with Crippen molar-refractivity contribution >= 4 is 5.78 Å². The average Bonchev–Trinajstić information content (AvgIpc) is 2.48. The Kier molecular flexibility index (Phi) is 3.59. The van der Waals surface area contributed by atoms with E-state index in [9.17, 15) is 9.18 Å². The van der Waals surface area contributed by atoms with Crippen LogP contribution in [0.1, 0.15) is 34.3 Å². The summed E-state index contributed by atoms with van der Waals surface area (Å²) in [5, 5.41) is 0. The van der Waals surface area contributed by atoms with Crippen LogP contribution in [-0.4, -0.2) is 5.78 Å². The van der Waals surface area contributed by atoms with Crippen LogP contribution in [-0.2, 0) is 19.4 Å². The number of carbonyl (C=O) groups is 1. The normalized spacial score (nSPS) is 13.8. The Hall–Kier alpha value is -2.03. The molecule has 0 bridgehead atoms. The minimum absolute atomic E-state index is 0.00533. The number of fused-ring (bicyclic) bond motifs is 1. The van der Waals surface area contributed by atoms with Gasteiger partial charge in [-0.25, -0.2) is 4.39 Å². The van der Waals surface area contributed by atoms with E-state index >= 15 is 0 Å². The van der Waals surface area contributed by atoms with Gasteiger partial charge in [-0.3, -0.25) is 4.79 Å². The summed E-state index contributed by atoms with van der Waals surface area (Å²) in [6.45, 7) is 0.304. The van der Waals surface area contributed by atoms with Gasteiger partial charge in [-0.05, 0) is 55.5 Å². The zero-order chi connectivity index (χ0) is 13.9. The standard InChI is InChI=1S/C17H17FNO/c18-16-7-5-14(6-8-16)17(20)12-19-10-9-13-3-1-2-4-15(13)11-19/h5-11H,1-4,12H2/q+1. The Morgan fingerprint density at radius 2 is 1.75 bits per heavy atom. The van der Waals surface area contributed by atoms with E-state index in [4.69, 9.17) is 0 Å². The van der Waals surface area contributed by atoms with Crippen molar-refractivity contribution in [3.8, 4) is 0 Å². The van der Waals surface area contributed by atoms with Crippen LogP contribution in [0.3, 0.4) is 0 Å². The molecular weight excluding hydrogens is 253 g/mol. The summed E-state index contributed by atoms with van der Waals surface area (Å²) in [4.78, 5) is 12.2. The summed E-state index contributed by atoms with van der Waals surface area (Å²) < 4.78 is 14.8. The number of carbonyl (C=O) groups excluding carboxylic acids is 1. The lowest BCUT2D eigenvalue weighted by atomic mass is 9.93. The van der Waals surface area contributed by atoms with E-state index in [1.54, 1.807) is 0 Å². The Morgan fingerprint density at radius 3 is 2.50 bits per heavy atom. The fraction of sp³-hybridized carbons (Fsp3) is 0.294. The molecule has 0 spiro atoms. The predicted molar refractivity (Wildman–Crippen MR) is 74.0 cm³/mol. The van der Waals surface area contributed by atoms with E-state index in [1.807, 2.05) is 10.8 Å². The molecule has 3 heteroatoms. The third-order valence-corrected chi connectivity index (χ3v) is 3.84. The molecule has 0 saturated heterocycles. The van der Waals surface area contributed by atoms with Gasteiger partial charge in [0.1, 0.15) is 5.82 Å². The van der Waals surface area contributed by atoms with Crippen molar-refractivity contribution in [2.24, 2.45) is 0 Å². The second-order valence-corrected chi connectivity index (χ2v) is 5.30. The fourth-order valence-corrected chi connectivity index (χ4v) is 2.71. The molecule has 0 radical (unpaired) electrons. The fourth-order valence-electron chi connectivity index (χ4n) is 2.71. The number of aromatic nitrogens is 1. The summed E-state index contributed by atoms with van der Waals surface area (Å²) >= 11 is 0. The van der Waals surface area contributed by atoms with Gasteiger partial charge in [0.05, 0.1) is 0 Å². The summed E-state index contributed by atoms with van der Waals surface area (Å²) in [6.07, 6.45) is 8.76. The molecule has 1 aliphatic carbocycles. The average molecular weight is 270 g/mol. The molecule has 0 aliphatic heterocycles. The van der Waals surface area contributed by atoms with Gasteiger partial charge in [-0.15, -0.1) is 0 Å². The van der Waals surface area contributed by atoms with Crippen LogP contribution in [0.5, 0.6) is 0 Å². The molecule has 1 aromatic carbocycles. The molecule has 0 saturated carbocycles. The number of Topliss-reactive ketones (excluding diaryl/α,β-unsaturated/α-hetero) is 1. The van der Waals surface area contributed by atoms with Crippen molar-refractivity contribution in [1.29, 1.82) is 0 Å². The quantitative estimate of drug-likeness (QED) is 0.620. The van der Waals surface area contributed by atoms with Gasteiger partial charge in [-0.1, -0.05) is 0 Å². The van der Waals surface area contributed by atoms with Crippen molar-refractivity contribution in [1.82, 2.24) is 0 Å². The highest BCUT2D eigenvalue weighted by molar-refractivity contribution is 5.94. The lowest BCUT2D eigenvalue weighted by Gasteiger charge is -2.13. The number of nitrogens with zero attached hydrogens (tertiary/aromatic N) is 1. The second kappa shape index (κ2) is 5.53. The molecular formula is C17H17FNO+. The first-order valence-corrected chi connectivity index (χ1v) is 7.02. The van der Waals surface area contributed by atoms with E-state index in [0.29, 0.717) is 12.1 Å². The van der Waals surface area contributed by atoms with Gasteiger partial charge >= 0.3 is 0 Å². The molecule has 0 N–H and O–H groups in total. The number of hydrogen-bond acceptors (Lipinski definition) is 1. The minimum atomic E-state index is -0.317. The van der Waals surface area contributed by atoms with Crippen molar-refractivity contribution in [3.05, 3.63) is 65.2 Å². The third kappa shape index (κ3) is 2.77. The first kappa shape index (κ1) is 13.0. The molecule has 1 aliphatic rings. The summed E-state index contributed by atoms with van der Waals surface area (Å²) in [6, 6.07) is 7.84. The Bertz CT molecular complexity index is 634. The van der Waals surface area contributed by atoms with Gasteiger partial charge in [0.2, 0.25) is 12.3 Å². The van der Waals surface area contributed by atoms with E-state index in [0.717, 1.165) is 12.8 Å². The first-order valence-electron chi connectivity index (χ1n) is 7.02. The molecule has 0 fully saturated rings. The minimum Gasteiger partial charge on any atom is -0.287 e. The molecule has 1 aromatic heterocycles. The molecule has 2 nitrogen and oxygen atoms in total. The monoisotopic (exact) mass is 270 g/mol. The largest absolute Gasteiger partial charge is 0.287 e. The van der Waals surface area contributed by atoms with Gasteiger partial charge in [0, 0.05) is 17.2 Å². The van der Waals surface area contributed by atoms with Gasteiger partial charge in [-0.2, -0.15) is 4.57 Å². The number of halogens is 1. The van der Waals surface area contributed by atoms with E-state index < -0.39 is 0 Å². The Balaban J connectivity index is 1.77. The zero-order valence-electron chi connectivity index (χ0n) is 11.3. The number of pyridine rings is 1. The Labute approximate surface area is 117 Å². The maximum Gasteiger partial charge on any atom is 0.227 e. The molecule has 0 atom stereocenters. The SMILES string of the molecule is O=C(C[n+]1ccc2c(c1)CCCC2)c1ccc(F)cc1. The van der Waals surface area contributed by atoms with Crippen molar-refractivity contribution in [2.75, 3.05) is 0 Å². The van der Waals surface area contributed by atoms with Crippen LogP contribution in [0.15, 0.2) is 42.7 Å². The van der Waals surface area contributed by atoms with E-state index in [2.05, 4.69) is 12.3 Å². The molecule has 0 unspecified atom stereocenters. The topological polar surface area (TPSA) is 20.9 Å². The molecule has 20 heavy (non-hydrogen) atoms. The highest BCUT2D eigenvalue weighted by atomic mass is 19.1. The summed E-state index contributed by atoms with van der Waals surface area (Å²) in [5.41, 5.74) is 3.31. The third-order valence-electron chi connectivity index (χ3n) is 3.84. The number of hydrogen-bond donors (Lipinski definition) is 0. The van der Waals surface area contributed by atoms with Crippen molar-refractivity contribution in [2.45, 2.75) is 32.2 Å². The number of aryl methyl sites for hydroxylation is 2. The lowest BCUT2D eigenvalue weighted by molar-refractivity contribution is -0.683. The highest BCUT2D eigenvalue weighted by Crippen LogP contribution is 2.18. The second-order valence-electron chi connectivity index (χ2n) is 5.30. The van der Waals surface area contributed by atoms with Crippen LogP contribution >= 0.6 is 0 Å².